The first kappa shape index (κ1) is 13.5. The third kappa shape index (κ3) is 2.12. The van der Waals surface area contributed by atoms with E-state index in [9.17, 15) is 4.79 Å². The number of aromatic amines is 1. The van der Waals surface area contributed by atoms with Crippen LogP contribution in [0.2, 0.25) is 0 Å². The highest BCUT2D eigenvalue weighted by molar-refractivity contribution is 7.15. The van der Waals surface area contributed by atoms with Gasteiger partial charge < -0.3 is 15.6 Å². The van der Waals surface area contributed by atoms with Gasteiger partial charge in [-0.05, 0) is 37.2 Å². The summed E-state index contributed by atoms with van der Waals surface area (Å²) in [5.41, 5.74) is 8.75. The Morgan fingerprint density at radius 3 is 3.14 bits per heavy atom. The quantitative estimate of drug-likeness (QED) is 0.763. The number of amides is 1. The number of carbonyl (C=O) groups is 1. The zero-order chi connectivity index (χ0) is 15.3. The average molecular weight is 312 g/mol. The molecule has 0 fully saturated rings. The molecule has 1 amide bonds. The van der Waals surface area contributed by atoms with Gasteiger partial charge in [0, 0.05) is 18.0 Å². The van der Waals surface area contributed by atoms with Gasteiger partial charge >= 0.3 is 0 Å². The van der Waals surface area contributed by atoms with Crippen LogP contribution in [0.1, 0.15) is 20.8 Å². The fourth-order valence-electron chi connectivity index (χ4n) is 2.94. The first-order chi connectivity index (χ1) is 10.6. The number of aromatic nitrogens is 2. The van der Waals surface area contributed by atoms with Gasteiger partial charge in [0.15, 0.2) is 0 Å². The van der Waals surface area contributed by atoms with Gasteiger partial charge in [0.25, 0.3) is 5.91 Å². The average Bonchev–Trinajstić information content (AvgIpc) is 3.09. The van der Waals surface area contributed by atoms with Gasteiger partial charge in [-0.3, -0.25) is 4.79 Å². The van der Waals surface area contributed by atoms with Crippen molar-refractivity contribution in [2.45, 2.75) is 13.0 Å². The lowest BCUT2D eigenvalue weighted by atomic mass is 10.1. The smallest absolute Gasteiger partial charge is 0.250 e. The van der Waals surface area contributed by atoms with Gasteiger partial charge in [-0.15, -0.1) is 11.3 Å². The molecule has 3 aromatic rings. The summed E-state index contributed by atoms with van der Waals surface area (Å²) < 4.78 is 0. The number of nitrogens with one attached hydrogen (secondary N) is 1. The number of nitrogens with two attached hydrogens (primary N) is 1. The Morgan fingerprint density at radius 2 is 2.32 bits per heavy atom. The zero-order valence-electron chi connectivity index (χ0n) is 12.2. The minimum atomic E-state index is -0.448. The largest absolute Gasteiger partial charge is 0.366 e. The molecule has 6 heteroatoms. The molecule has 112 valence electrons. The highest BCUT2D eigenvalue weighted by Gasteiger charge is 2.19. The molecule has 0 saturated heterocycles. The van der Waals surface area contributed by atoms with E-state index in [0.29, 0.717) is 11.1 Å². The Hall–Kier alpha value is -2.18. The fourth-order valence-corrected chi connectivity index (χ4v) is 4.05. The first-order valence-electron chi connectivity index (χ1n) is 7.21. The summed E-state index contributed by atoms with van der Waals surface area (Å²) in [6, 6.07) is 7.65. The Bertz CT molecular complexity index is 880. The Kier molecular flexibility index (Phi) is 3.02. The standard InChI is InChI=1S/C16H16N4OS/c1-20-6-5-12-9(8-20)7-13(22-12)16-18-11-4-2-3-10(15(17)21)14(11)19-16/h2-4,7H,5-6,8H2,1H3,(H2,17,21)(H,18,19). The maximum Gasteiger partial charge on any atom is 0.250 e. The van der Waals surface area contributed by atoms with E-state index in [1.807, 2.05) is 12.1 Å². The number of H-pyrrole nitrogens is 1. The van der Waals surface area contributed by atoms with Crippen LogP contribution in [-0.4, -0.2) is 34.4 Å². The second kappa shape index (κ2) is 4.93. The number of imidazole rings is 1. The number of thiophene rings is 1. The molecule has 0 unspecified atom stereocenters. The van der Waals surface area contributed by atoms with E-state index in [0.717, 1.165) is 35.7 Å². The maximum atomic E-state index is 11.5. The van der Waals surface area contributed by atoms with Crippen LogP contribution in [-0.2, 0) is 13.0 Å². The van der Waals surface area contributed by atoms with E-state index in [2.05, 4.69) is 28.0 Å². The second-order valence-corrected chi connectivity index (χ2v) is 6.83. The summed E-state index contributed by atoms with van der Waals surface area (Å²) in [7, 11) is 2.14. The molecule has 1 aromatic carbocycles. The first-order valence-corrected chi connectivity index (χ1v) is 8.02. The molecule has 3 heterocycles. The van der Waals surface area contributed by atoms with E-state index in [-0.39, 0.29) is 0 Å². The topological polar surface area (TPSA) is 75.0 Å². The third-order valence-electron chi connectivity index (χ3n) is 4.07. The molecular weight excluding hydrogens is 296 g/mol. The normalized spacial score (nSPS) is 15.1. The fraction of sp³-hybridized carbons (Fsp3) is 0.250. The number of carbonyl (C=O) groups excluding carboxylic acids is 1. The van der Waals surface area contributed by atoms with Crippen molar-refractivity contribution in [3.05, 3.63) is 40.3 Å². The van der Waals surface area contributed by atoms with Crippen molar-refractivity contribution in [3.8, 4) is 10.7 Å². The van der Waals surface area contributed by atoms with Crippen molar-refractivity contribution in [2.75, 3.05) is 13.6 Å². The van der Waals surface area contributed by atoms with Crippen molar-refractivity contribution in [2.24, 2.45) is 5.73 Å². The van der Waals surface area contributed by atoms with Gasteiger partial charge in [-0.25, -0.2) is 4.98 Å². The summed E-state index contributed by atoms with van der Waals surface area (Å²) in [6.07, 6.45) is 1.09. The molecule has 0 radical (unpaired) electrons. The molecule has 5 nitrogen and oxygen atoms in total. The summed E-state index contributed by atoms with van der Waals surface area (Å²) in [4.78, 5) is 24.3. The Morgan fingerprint density at radius 1 is 1.45 bits per heavy atom. The molecule has 0 atom stereocenters. The van der Waals surface area contributed by atoms with Crippen LogP contribution in [0.4, 0.5) is 0 Å². The highest BCUT2D eigenvalue weighted by atomic mass is 32.1. The molecule has 0 aliphatic carbocycles. The minimum Gasteiger partial charge on any atom is -0.366 e. The third-order valence-corrected chi connectivity index (χ3v) is 5.31. The van der Waals surface area contributed by atoms with Gasteiger partial charge in [0.2, 0.25) is 0 Å². The van der Waals surface area contributed by atoms with Crippen LogP contribution < -0.4 is 5.73 Å². The Balaban J connectivity index is 1.82. The number of benzene rings is 1. The number of hydrogen-bond acceptors (Lipinski definition) is 4. The van der Waals surface area contributed by atoms with Crippen LogP contribution >= 0.6 is 11.3 Å². The molecule has 2 aromatic heterocycles. The number of nitrogens with zero attached hydrogens (tertiary/aromatic N) is 2. The van der Waals surface area contributed by atoms with E-state index >= 15 is 0 Å². The molecule has 3 N–H and O–H groups in total. The summed E-state index contributed by atoms with van der Waals surface area (Å²) in [6.45, 7) is 2.08. The highest BCUT2D eigenvalue weighted by Crippen LogP contribution is 2.34. The lowest BCUT2D eigenvalue weighted by molar-refractivity contribution is 0.100. The Labute approximate surface area is 131 Å². The molecular formula is C16H16N4OS. The predicted molar refractivity (Wildman–Crippen MR) is 88.0 cm³/mol. The van der Waals surface area contributed by atoms with Crippen molar-refractivity contribution in [1.82, 2.24) is 14.9 Å². The molecule has 0 bridgehead atoms. The van der Waals surface area contributed by atoms with Gasteiger partial charge in [0.05, 0.1) is 16.0 Å². The van der Waals surface area contributed by atoms with Gasteiger partial charge in [-0.2, -0.15) is 0 Å². The van der Waals surface area contributed by atoms with Crippen LogP contribution in [0.25, 0.3) is 21.7 Å². The van der Waals surface area contributed by atoms with Gasteiger partial charge in [-0.1, -0.05) is 6.07 Å². The van der Waals surface area contributed by atoms with E-state index in [1.54, 1.807) is 17.4 Å². The van der Waals surface area contributed by atoms with Crippen molar-refractivity contribution in [1.29, 1.82) is 0 Å². The van der Waals surface area contributed by atoms with E-state index in [1.165, 1.54) is 10.4 Å². The van der Waals surface area contributed by atoms with Crippen LogP contribution in [0.3, 0.4) is 0 Å². The molecule has 1 aliphatic heterocycles. The second-order valence-electron chi connectivity index (χ2n) is 5.70. The summed E-state index contributed by atoms with van der Waals surface area (Å²) >= 11 is 1.78. The molecule has 1 aliphatic rings. The monoisotopic (exact) mass is 312 g/mol. The lowest BCUT2D eigenvalue weighted by Crippen LogP contribution is -2.25. The van der Waals surface area contributed by atoms with Crippen molar-refractivity contribution in [3.63, 3.8) is 0 Å². The zero-order valence-corrected chi connectivity index (χ0v) is 13.0. The SMILES string of the molecule is CN1CCc2sc(-c3nc4c(C(N)=O)cccc4[nH]3)cc2C1. The van der Waals surface area contributed by atoms with Crippen LogP contribution in [0.5, 0.6) is 0 Å². The molecule has 22 heavy (non-hydrogen) atoms. The summed E-state index contributed by atoms with van der Waals surface area (Å²) in [5.74, 6) is 0.363. The number of primary amides is 1. The van der Waals surface area contributed by atoms with E-state index in [4.69, 9.17) is 5.73 Å². The van der Waals surface area contributed by atoms with E-state index < -0.39 is 5.91 Å². The number of hydrogen-bond donors (Lipinski definition) is 2. The molecule has 0 saturated carbocycles. The number of para-hydroxylation sites is 1. The molecule has 4 rings (SSSR count). The lowest BCUT2D eigenvalue weighted by Gasteiger charge is -2.21. The number of rotatable bonds is 2. The maximum absolute atomic E-state index is 11.5. The summed E-state index contributed by atoms with van der Waals surface area (Å²) in [5, 5.41) is 0. The van der Waals surface area contributed by atoms with Gasteiger partial charge in [0.1, 0.15) is 11.3 Å². The number of likely N-dealkylation sites (N-methyl/N-ethyl adjacent to an activating group) is 1. The van der Waals surface area contributed by atoms with Crippen LogP contribution in [0.15, 0.2) is 24.3 Å². The predicted octanol–water partition coefficient (Wildman–Crippen LogP) is 2.38. The van der Waals surface area contributed by atoms with Crippen molar-refractivity contribution < 1.29 is 4.79 Å². The van der Waals surface area contributed by atoms with Crippen LogP contribution in [0, 0.1) is 0 Å². The number of fused-ring (bicyclic) bond motifs is 2. The molecule has 0 spiro atoms. The minimum absolute atomic E-state index is 0.448. The van der Waals surface area contributed by atoms with Crippen molar-refractivity contribution >= 4 is 28.3 Å².